The summed E-state index contributed by atoms with van der Waals surface area (Å²) in [6.45, 7) is 27.8. The lowest BCUT2D eigenvalue weighted by atomic mass is 9.33. The Bertz CT molecular complexity index is 3970. The predicted molar refractivity (Wildman–Crippen MR) is 312 cm³/mol. The normalized spacial score (nSPS) is 13.8. The minimum absolute atomic E-state index is 0.00885. The Morgan fingerprint density at radius 1 is 0.431 bits per heavy atom. The van der Waals surface area contributed by atoms with Crippen molar-refractivity contribution in [2.45, 2.75) is 105 Å². The van der Waals surface area contributed by atoms with E-state index in [-0.39, 0.29) is 28.4 Å². The average Bonchev–Trinajstić information content (AvgIpc) is 4.02. The lowest BCUT2D eigenvalue weighted by Crippen LogP contribution is -2.60. The van der Waals surface area contributed by atoms with E-state index >= 15 is 0 Å². The van der Waals surface area contributed by atoms with E-state index in [1.807, 2.05) is 11.3 Å². The summed E-state index contributed by atoms with van der Waals surface area (Å²) in [5.74, 6) is 0. The van der Waals surface area contributed by atoms with Crippen molar-refractivity contribution in [3.63, 3.8) is 0 Å². The van der Waals surface area contributed by atoms with Crippen molar-refractivity contribution in [2.24, 2.45) is 0 Å². The third-order valence-corrected chi connectivity index (χ3v) is 17.0. The molecule has 0 saturated carbocycles. The molecule has 72 heavy (non-hydrogen) atoms. The molecule has 3 aromatic heterocycles. The largest absolute Gasteiger partial charge is 0.454 e. The molecule has 2 aliphatic rings. The molecular weight excluding hydrogens is 894 g/mol. The van der Waals surface area contributed by atoms with E-state index in [2.05, 4.69) is 255 Å². The Hall–Kier alpha value is -7.02. The van der Waals surface area contributed by atoms with Crippen LogP contribution >= 0.6 is 11.3 Å². The van der Waals surface area contributed by atoms with Gasteiger partial charge in [0.05, 0.1) is 27.1 Å². The number of para-hydroxylation sites is 2. The van der Waals surface area contributed by atoms with Crippen molar-refractivity contribution in [1.82, 2.24) is 4.57 Å². The van der Waals surface area contributed by atoms with Crippen molar-refractivity contribution in [3.05, 3.63) is 180 Å². The second-order valence-electron chi connectivity index (χ2n) is 24.7. The van der Waals surface area contributed by atoms with Crippen molar-refractivity contribution in [2.75, 3.05) is 9.80 Å². The zero-order valence-electron chi connectivity index (χ0n) is 43.7. The minimum atomic E-state index is -0.0965. The summed E-state index contributed by atoms with van der Waals surface area (Å²) in [6.07, 6.45) is 0. The van der Waals surface area contributed by atoms with Gasteiger partial charge in [0.15, 0.2) is 5.58 Å². The molecule has 0 saturated heterocycles. The summed E-state index contributed by atoms with van der Waals surface area (Å²) in [6, 6.07) is 60.3. The molecule has 4 nitrogen and oxygen atoms in total. The Balaban J connectivity index is 1.21. The molecule has 0 spiro atoms. The maximum Gasteiger partial charge on any atom is 0.252 e. The highest BCUT2D eigenvalue weighted by molar-refractivity contribution is 7.26. The molecule has 0 amide bonds. The van der Waals surface area contributed by atoms with Gasteiger partial charge >= 0.3 is 0 Å². The van der Waals surface area contributed by atoms with Crippen LogP contribution in [0, 0.1) is 0 Å². The molecule has 0 atom stereocenters. The monoisotopic (exact) mass is 955 g/mol. The molecule has 0 N–H and O–H groups in total. The Morgan fingerprint density at radius 2 is 1.01 bits per heavy atom. The number of furan rings is 1. The molecule has 2 aliphatic heterocycles. The van der Waals surface area contributed by atoms with Crippen LogP contribution in [0.1, 0.15) is 105 Å². The summed E-state index contributed by atoms with van der Waals surface area (Å²) in [7, 11) is 0. The number of benzene rings is 8. The van der Waals surface area contributed by atoms with Crippen LogP contribution in [0.25, 0.3) is 58.8 Å². The third kappa shape index (κ3) is 6.70. The molecule has 13 rings (SSSR count). The fourth-order valence-electron chi connectivity index (χ4n) is 11.8. The zero-order chi connectivity index (χ0) is 50.0. The Labute approximate surface area is 428 Å². The zero-order valence-corrected chi connectivity index (χ0v) is 44.6. The number of fused-ring (bicyclic) bond motifs is 12. The van der Waals surface area contributed by atoms with Crippen LogP contribution in [0.4, 0.5) is 34.1 Å². The topological polar surface area (TPSA) is 24.6 Å². The molecule has 0 unspecified atom stereocenters. The van der Waals surface area contributed by atoms with Gasteiger partial charge in [-0.05, 0) is 127 Å². The van der Waals surface area contributed by atoms with Gasteiger partial charge < -0.3 is 18.8 Å². The standard InChI is InChI=1S/C66H62BN3OS/c1-63(2,3)39-24-29-43(30-25-39)68(44-31-26-40(27-32-44)64(4,5)6)45-37-54-58-55(38-45)70-59-49(62-60(70)48-19-14-16-23-57(48)72-62)34-42(66(10,11)12)35-51(59)67(58)50-33-28-41(65(7,8)9)36-53(50)69(54)52-21-17-20-47-46-18-13-15-22-56(46)71-61(47)52/h13-38H,1-12H3. The van der Waals surface area contributed by atoms with E-state index in [1.165, 1.54) is 81.2 Å². The van der Waals surface area contributed by atoms with Crippen molar-refractivity contribution in [3.8, 4) is 5.69 Å². The van der Waals surface area contributed by atoms with E-state index in [4.69, 9.17) is 4.42 Å². The minimum Gasteiger partial charge on any atom is -0.454 e. The van der Waals surface area contributed by atoms with E-state index in [0.717, 1.165) is 50.4 Å². The maximum absolute atomic E-state index is 7.04. The van der Waals surface area contributed by atoms with Gasteiger partial charge in [-0.1, -0.05) is 174 Å². The Kier molecular flexibility index (Phi) is 9.51. The molecule has 0 radical (unpaired) electrons. The van der Waals surface area contributed by atoms with Crippen LogP contribution in [0.15, 0.2) is 162 Å². The van der Waals surface area contributed by atoms with Gasteiger partial charge in [0.2, 0.25) is 0 Å². The second kappa shape index (κ2) is 15.3. The first-order chi connectivity index (χ1) is 34.2. The molecule has 0 aliphatic carbocycles. The van der Waals surface area contributed by atoms with E-state index in [9.17, 15) is 0 Å². The fourth-order valence-corrected chi connectivity index (χ4v) is 13.0. The van der Waals surface area contributed by atoms with Gasteiger partial charge in [-0.3, -0.25) is 0 Å². The van der Waals surface area contributed by atoms with Crippen LogP contribution < -0.4 is 26.2 Å². The number of aromatic nitrogens is 1. The van der Waals surface area contributed by atoms with Gasteiger partial charge in [0, 0.05) is 54.7 Å². The molecule has 0 bridgehead atoms. The number of nitrogens with zero attached hydrogens (tertiary/aromatic N) is 3. The van der Waals surface area contributed by atoms with Crippen molar-refractivity contribution < 1.29 is 4.42 Å². The smallest absolute Gasteiger partial charge is 0.252 e. The SMILES string of the molecule is CC(C)(C)c1ccc(N(c2ccc(C(C)(C)C)cc2)c2cc3c4c(c2)-n2c5c(cc(C(C)(C)C)cc5c5sc6ccccc6c52)B4c2ccc(C(C)(C)C)cc2N3c2cccc3c2oc2ccccc23)cc1. The van der Waals surface area contributed by atoms with Gasteiger partial charge in [-0.25, -0.2) is 0 Å². The molecule has 11 aromatic rings. The van der Waals surface area contributed by atoms with Crippen molar-refractivity contribution >= 4 is 122 Å². The van der Waals surface area contributed by atoms with Gasteiger partial charge in [-0.2, -0.15) is 0 Å². The van der Waals surface area contributed by atoms with Gasteiger partial charge in [-0.15, -0.1) is 11.3 Å². The quantitative estimate of drug-likeness (QED) is 0.164. The lowest BCUT2D eigenvalue weighted by Gasteiger charge is -2.42. The second-order valence-corrected chi connectivity index (χ2v) is 25.7. The highest BCUT2D eigenvalue weighted by Crippen LogP contribution is 2.51. The Morgan fingerprint density at radius 3 is 1.67 bits per heavy atom. The summed E-state index contributed by atoms with van der Waals surface area (Å²) >= 11 is 1.93. The lowest BCUT2D eigenvalue weighted by molar-refractivity contribution is 0.590. The number of anilines is 6. The fraction of sp³-hybridized carbons (Fsp3) is 0.242. The number of hydrogen-bond donors (Lipinski definition) is 0. The van der Waals surface area contributed by atoms with Crippen LogP contribution in [0.3, 0.4) is 0 Å². The molecular formula is C66H62BN3OS. The highest BCUT2D eigenvalue weighted by atomic mass is 32.1. The number of rotatable bonds is 4. The first kappa shape index (κ1) is 44.9. The van der Waals surface area contributed by atoms with E-state index in [0.29, 0.717) is 0 Å². The average molecular weight is 956 g/mol. The summed E-state index contributed by atoms with van der Waals surface area (Å²) in [5, 5.41) is 4.86. The first-order valence-electron chi connectivity index (χ1n) is 25.8. The van der Waals surface area contributed by atoms with E-state index < -0.39 is 0 Å². The number of hydrogen-bond acceptors (Lipinski definition) is 4. The molecule has 8 aromatic carbocycles. The highest BCUT2D eigenvalue weighted by Gasteiger charge is 2.45. The van der Waals surface area contributed by atoms with Crippen molar-refractivity contribution in [1.29, 1.82) is 0 Å². The van der Waals surface area contributed by atoms with Crippen LogP contribution in [-0.2, 0) is 21.7 Å². The van der Waals surface area contributed by atoms with Crippen LogP contribution in [0.5, 0.6) is 0 Å². The molecule has 5 heterocycles. The summed E-state index contributed by atoms with van der Waals surface area (Å²) in [5.41, 5.74) is 21.4. The summed E-state index contributed by atoms with van der Waals surface area (Å²) in [4.78, 5) is 5.06. The molecule has 6 heteroatoms. The predicted octanol–water partition coefficient (Wildman–Crippen LogP) is 17.2. The molecule has 0 fully saturated rings. The van der Waals surface area contributed by atoms with Crippen LogP contribution in [-0.4, -0.2) is 11.3 Å². The summed E-state index contributed by atoms with van der Waals surface area (Å²) < 4.78 is 12.4. The first-order valence-corrected chi connectivity index (χ1v) is 26.6. The van der Waals surface area contributed by atoms with Gasteiger partial charge in [0.25, 0.3) is 6.71 Å². The van der Waals surface area contributed by atoms with Crippen LogP contribution in [0.2, 0.25) is 0 Å². The van der Waals surface area contributed by atoms with Gasteiger partial charge in [0.1, 0.15) is 5.58 Å². The maximum atomic E-state index is 7.04. The third-order valence-electron chi connectivity index (χ3n) is 15.8. The molecule has 356 valence electrons. The van der Waals surface area contributed by atoms with E-state index in [1.54, 1.807) is 0 Å². The number of thiophene rings is 1.